The second kappa shape index (κ2) is 3.16. The van der Waals surface area contributed by atoms with Gasteiger partial charge in [-0.2, -0.15) is 10.3 Å². The van der Waals surface area contributed by atoms with E-state index in [-0.39, 0.29) is 5.69 Å². The summed E-state index contributed by atoms with van der Waals surface area (Å²) in [5.41, 5.74) is 0.298. The molecular formula is C8H13N3O2. The van der Waals surface area contributed by atoms with Crippen molar-refractivity contribution < 1.29 is 9.53 Å². The zero-order chi connectivity index (χ0) is 10.1. The summed E-state index contributed by atoms with van der Waals surface area (Å²) in [6, 6.07) is 0. The molecule has 5 heteroatoms. The first kappa shape index (κ1) is 9.70. The van der Waals surface area contributed by atoms with E-state index in [4.69, 9.17) is 4.74 Å². The third kappa shape index (κ3) is 2.54. The molecule has 0 spiro atoms. The number of ether oxygens (including phenoxy) is 1. The van der Waals surface area contributed by atoms with Crippen LogP contribution in [0.1, 0.15) is 37.0 Å². The highest BCUT2D eigenvalue weighted by molar-refractivity contribution is 5.88. The molecule has 0 radical (unpaired) electrons. The van der Waals surface area contributed by atoms with Crippen molar-refractivity contribution in [3.8, 4) is 0 Å². The van der Waals surface area contributed by atoms with E-state index < -0.39 is 11.6 Å². The normalized spacial score (nSPS) is 11.4. The van der Waals surface area contributed by atoms with Gasteiger partial charge in [0.1, 0.15) is 5.60 Å². The number of aryl methyl sites for hydroxylation is 1. The average Bonchev–Trinajstić information content (AvgIpc) is 2.30. The Morgan fingerprint density at radius 2 is 2.00 bits per heavy atom. The highest BCUT2D eigenvalue weighted by Crippen LogP contribution is 2.11. The Bertz CT molecular complexity index is 311. The highest BCUT2D eigenvalue weighted by Gasteiger charge is 2.21. The minimum atomic E-state index is -0.498. The van der Waals surface area contributed by atoms with E-state index in [0.717, 1.165) is 0 Å². The molecule has 1 aromatic rings. The van der Waals surface area contributed by atoms with Crippen LogP contribution in [0.25, 0.3) is 0 Å². The zero-order valence-electron chi connectivity index (χ0n) is 8.21. The topological polar surface area (TPSA) is 67.9 Å². The minimum Gasteiger partial charge on any atom is -0.455 e. The molecule has 1 rings (SSSR count). The van der Waals surface area contributed by atoms with E-state index in [0.29, 0.717) is 5.69 Å². The van der Waals surface area contributed by atoms with Gasteiger partial charge in [0.25, 0.3) is 0 Å². The Morgan fingerprint density at radius 1 is 1.38 bits per heavy atom. The molecule has 0 aromatic carbocycles. The van der Waals surface area contributed by atoms with Gasteiger partial charge in [0, 0.05) is 0 Å². The predicted molar refractivity (Wildman–Crippen MR) is 46.3 cm³/mol. The monoisotopic (exact) mass is 183 g/mol. The van der Waals surface area contributed by atoms with Crippen molar-refractivity contribution >= 4 is 5.97 Å². The maximum atomic E-state index is 11.4. The van der Waals surface area contributed by atoms with Gasteiger partial charge in [-0.1, -0.05) is 0 Å². The molecule has 0 atom stereocenters. The van der Waals surface area contributed by atoms with Gasteiger partial charge in [0.05, 0.1) is 5.69 Å². The number of carbonyl (C=O) groups is 1. The lowest BCUT2D eigenvalue weighted by Gasteiger charge is -2.18. The molecule has 0 aliphatic rings. The van der Waals surface area contributed by atoms with Crippen LogP contribution in [0, 0.1) is 6.92 Å². The molecule has 0 unspecified atom stereocenters. The molecule has 0 aliphatic heterocycles. The molecule has 0 saturated heterocycles. The molecule has 72 valence electrons. The van der Waals surface area contributed by atoms with E-state index in [1.54, 1.807) is 27.7 Å². The second-order valence-corrected chi connectivity index (χ2v) is 3.76. The standard InChI is InChI=1S/C8H13N3O2/c1-5-6(10-11-9-5)7(12)13-8(2,3)4/h1-4H3,(H,9,10,11). The summed E-state index contributed by atoms with van der Waals surface area (Å²) in [7, 11) is 0. The Labute approximate surface area is 76.5 Å². The van der Waals surface area contributed by atoms with Crippen LogP contribution >= 0.6 is 0 Å². The number of esters is 1. The number of aromatic nitrogens is 3. The van der Waals surface area contributed by atoms with Crippen LogP contribution in [0.3, 0.4) is 0 Å². The van der Waals surface area contributed by atoms with Crippen LogP contribution in [0.5, 0.6) is 0 Å². The molecule has 0 aliphatic carbocycles. The van der Waals surface area contributed by atoms with Gasteiger partial charge in [-0.05, 0) is 27.7 Å². The largest absolute Gasteiger partial charge is 0.455 e. The molecule has 13 heavy (non-hydrogen) atoms. The van der Waals surface area contributed by atoms with Crippen molar-refractivity contribution in [1.29, 1.82) is 0 Å². The van der Waals surface area contributed by atoms with E-state index >= 15 is 0 Å². The maximum absolute atomic E-state index is 11.4. The van der Waals surface area contributed by atoms with Gasteiger partial charge >= 0.3 is 5.97 Å². The number of hydrogen-bond acceptors (Lipinski definition) is 4. The van der Waals surface area contributed by atoms with Crippen LogP contribution < -0.4 is 0 Å². The van der Waals surface area contributed by atoms with Crippen molar-refractivity contribution in [2.24, 2.45) is 0 Å². The molecule has 0 amide bonds. The number of nitrogens with one attached hydrogen (secondary N) is 1. The number of nitrogens with zero attached hydrogens (tertiary/aromatic N) is 2. The predicted octanol–water partition coefficient (Wildman–Crippen LogP) is 1.07. The highest BCUT2D eigenvalue weighted by atomic mass is 16.6. The van der Waals surface area contributed by atoms with Crippen LogP contribution in [0.4, 0.5) is 0 Å². The zero-order valence-corrected chi connectivity index (χ0v) is 8.21. The Kier molecular flexibility index (Phi) is 2.36. The summed E-state index contributed by atoms with van der Waals surface area (Å²) in [6.07, 6.45) is 0. The number of aromatic amines is 1. The summed E-state index contributed by atoms with van der Waals surface area (Å²) in [4.78, 5) is 11.4. The lowest BCUT2D eigenvalue weighted by molar-refractivity contribution is 0.00620. The van der Waals surface area contributed by atoms with Crippen LogP contribution in [0.2, 0.25) is 0 Å². The Morgan fingerprint density at radius 3 is 2.38 bits per heavy atom. The third-order valence-corrected chi connectivity index (χ3v) is 1.31. The smallest absolute Gasteiger partial charge is 0.361 e. The quantitative estimate of drug-likeness (QED) is 0.661. The molecule has 1 aromatic heterocycles. The number of rotatable bonds is 1. The van der Waals surface area contributed by atoms with Gasteiger partial charge < -0.3 is 4.74 Å². The lowest BCUT2D eigenvalue weighted by Crippen LogP contribution is -2.24. The summed E-state index contributed by atoms with van der Waals surface area (Å²) in [5, 5.41) is 9.78. The summed E-state index contributed by atoms with van der Waals surface area (Å²) in [5.74, 6) is -0.446. The lowest BCUT2D eigenvalue weighted by atomic mass is 10.2. The first-order chi connectivity index (χ1) is 5.90. The van der Waals surface area contributed by atoms with Crippen LogP contribution in [-0.2, 0) is 4.74 Å². The fourth-order valence-corrected chi connectivity index (χ4v) is 0.804. The molecule has 5 nitrogen and oxygen atoms in total. The van der Waals surface area contributed by atoms with Crippen molar-refractivity contribution in [1.82, 2.24) is 15.4 Å². The molecular weight excluding hydrogens is 170 g/mol. The van der Waals surface area contributed by atoms with E-state index in [1.165, 1.54) is 0 Å². The number of hydrogen-bond donors (Lipinski definition) is 1. The van der Waals surface area contributed by atoms with Crippen LogP contribution in [0.15, 0.2) is 0 Å². The van der Waals surface area contributed by atoms with Gasteiger partial charge in [-0.3, -0.25) is 0 Å². The van der Waals surface area contributed by atoms with Gasteiger partial charge in [-0.15, -0.1) is 5.10 Å². The molecule has 0 fully saturated rings. The Hall–Kier alpha value is -1.39. The minimum absolute atomic E-state index is 0.245. The SMILES string of the molecule is Cc1n[nH]nc1C(=O)OC(C)(C)C. The second-order valence-electron chi connectivity index (χ2n) is 3.76. The maximum Gasteiger partial charge on any atom is 0.361 e. The van der Waals surface area contributed by atoms with Gasteiger partial charge in [0.15, 0.2) is 5.69 Å². The first-order valence-corrected chi connectivity index (χ1v) is 4.01. The molecule has 1 N–H and O–H groups in total. The molecule has 0 bridgehead atoms. The van der Waals surface area contributed by atoms with E-state index in [9.17, 15) is 4.79 Å². The number of H-pyrrole nitrogens is 1. The van der Waals surface area contributed by atoms with Crippen LogP contribution in [-0.4, -0.2) is 27.0 Å². The molecule has 0 saturated carbocycles. The van der Waals surface area contributed by atoms with E-state index in [1.807, 2.05) is 0 Å². The summed E-state index contributed by atoms with van der Waals surface area (Å²) in [6.45, 7) is 7.11. The van der Waals surface area contributed by atoms with Crippen molar-refractivity contribution in [2.45, 2.75) is 33.3 Å². The fraction of sp³-hybridized carbons (Fsp3) is 0.625. The van der Waals surface area contributed by atoms with Crippen molar-refractivity contribution in [3.05, 3.63) is 11.4 Å². The van der Waals surface area contributed by atoms with E-state index in [2.05, 4.69) is 15.4 Å². The van der Waals surface area contributed by atoms with Crippen molar-refractivity contribution in [2.75, 3.05) is 0 Å². The Balaban J connectivity index is 2.76. The fourth-order valence-electron chi connectivity index (χ4n) is 0.804. The summed E-state index contributed by atoms with van der Waals surface area (Å²) >= 11 is 0. The number of carbonyl (C=O) groups excluding carboxylic acids is 1. The molecule has 1 heterocycles. The third-order valence-electron chi connectivity index (χ3n) is 1.31. The van der Waals surface area contributed by atoms with Crippen molar-refractivity contribution in [3.63, 3.8) is 0 Å². The summed E-state index contributed by atoms with van der Waals surface area (Å²) < 4.78 is 5.10. The first-order valence-electron chi connectivity index (χ1n) is 4.01. The van der Waals surface area contributed by atoms with Gasteiger partial charge in [0.2, 0.25) is 0 Å². The van der Waals surface area contributed by atoms with Gasteiger partial charge in [-0.25, -0.2) is 4.79 Å². The average molecular weight is 183 g/mol.